The monoisotopic (exact) mass is 419 g/mol. The van der Waals surface area contributed by atoms with Gasteiger partial charge in [-0.3, -0.25) is 14.5 Å². The van der Waals surface area contributed by atoms with Gasteiger partial charge in [-0.15, -0.1) is 0 Å². The molecule has 0 unspecified atom stereocenters. The van der Waals surface area contributed by atoms with Crippen LogP contribution in [0.1, 0.15) is 17.7 Å². The average molecular weight is 420 g/mol. The van der Waals surface area contributed by atoms with E-state index in [1.165, 1.54) is 11.8 Å². The first-order valence-electron chi connectivity index (χ1n) is 9.60. The molecule has 0 radical (unpaired) electrons. The fraction of sp³-hybridized carbons (Fsp3) is 0.174. The van der Waals surface area contributed by atoms with Crippen LogP contribution in [0.25, 0.3) is 0 Å². The van der Waals surface area contributed by atoms with Gasteiger partial charge in [0.1, 0.15) is 11.0 Å². The van der Waals surface area contributed by atoms with Gasteiger partial charge in [-0.2, -0.15) is 0 Å². The Morgan fingerprint density at radius 2 is 1.87 bits per heavy atom. The maximum absolute atomic E-state index is 13.1. The Hall–Kier alpha value is -3.32. The number of hydrogen-bond donors (Lipinski definition) is 1. The number of anilines is 1. The van der Waals surface area contributed by atoms with Gasteiger partial charge >= 0.3 is 0 Å². The molecule has 1 fully saturated rings. The van der Waals surface area contributed by atoms with Gasteiger partial charge in [0.05, 0.1) is 18.5 Å². The van der Waals surface area contributed by atoms with Crippen LogP contribution < -0.4 is 5.32 Å². The number of aryl methyl sites for hydroxylation is 1. The molecule has 1 saturated heterocycles. The van der Waals surface area contributed by atoms with Crippen LogP contribution in [0, 0.1) is 6.92 Å². The summed E-state index contributed by atoms with van der Waals surface area (Å²) in [5, 5.41) is 2.93. The molecule has 1 N–H and O–H groups in total. The van der Waals surface area contributed by atoms with Crippen molar-refractivity contribution in [3.05, 3.63) is 84.3 Å². The van der Waals surface area contributed by atoms with Crippen LogP contribution in [0.2, 0.25) is 0 Å². The summed E-state index contributed by atoms with van der Waals surface area (Å²) < 4.78 is 5.41. The minimum absolute atomic E-state index is 0.0697. The zero-order valence-corrected chi connectivity index (χ0v) is 17.3. The fourth-order valence-electron chi connectivity index (χ4n) is 3.12. The molecule has 0 bridgehead atoms. The number of nitrogens with one attached hydrogen (secondary N) is 1. The number of rotatable bonds is 6. The number of thioether (sulfide) groups is 1. The number of para-hydroxylation sites is 2. The van der Waals surface area contributed by atoms with E-state index in [1.807, 2.05) is 67.6 Å². The van der Waals surface area contributed by atoms with Crippen LogP contribution in [0.15, 0.2) is 82.4 Å². The van der Waals surface area contributed by atoms with Gasteiger partial charge in [-0.25, -0.2) is 4.99 Å². The van der Waals surface area contributed by atoms with Crippen molar-refractivity contribution in [2.24, 2.45) is 4.99 Å². The third-order valence-electron chi connectivity index (χ3n) is 4.68. The van der Waals surface area contributed by atoms with E-state index in [9.17, 15) is 9.59 Å². The van der Waals surface area contributed by atoms with Crippen molar-refractivity contribution in [1.82, 2.24) is 4.90 Å². The van der Waals surface area contributed by atoms with E-state index in [1.54, 1.807) is 17.2 Å². The number of carbonyl (C=O) groups excluding carboxylic acids is 2. The van der Waals surface area contributed by atoms with Gasteiger partial charge < -0.3 is 9.73 Å². The van der Waals surface area contributed by atoms with Gasteiger partial charge in [0.25, 0.3) is 0 Å². The van der Waals surface area contributed by atoms with Crippen molar-refractivity contribution in [2.45, 2.75) is 25.1 Å². The molecule has 0 saturated carbocycles. The molecule has 3 aromatic rings. The summed E-state index contributed by atoms with van der Waals surface area (Å²) in [6, 6.07) is 20.6. The molecule has 1 aromatic heterocycles. The quantitative estimate of drug-likeness (QED) is 0.626. The van der Waals surface area contributed by atoms with Crippen molar-refractivity contribution in [2.75, 3.05) is 5.32 Å². The van der Waals surface area contributed by atoms with Crippen LogP contribution in [-0.2, 0) is 16.1 Å². The number of nitrogens with zero attached hydrogens (tertiary/aromatic N) is 2. The second kappa shape index (κ2) is 9.00. The van der Waals surface area contributed by atoms with E-state index in [4.69, 9.17) is 4.42 Å². The summed E-state index contributed by atoms with van der Waals surface area (Å²) in [5.74, 6) is 0.315. The highest BCUT2D eigenvalue weighted by molar-refractivity contribution is 8.15. The maximum Gasteiger partial charge on any atom is 0.243 e. The maximum atomic E-state index is 13.1. The van der Waals surface area contributed by atoms with Gasteiger partial charge in [0, 0.05) is 12.1 Å². The summed E-state index contributed by atoms with van der Waals surface area (Å²) in [4.78, 5) is 31.9. The summed E-state index contributed by atoms with van der Waals surface area (Å²) in [7, 11) is 0. The first kappa shape index (κ1) is 20.0. The number of amides is 2. The molecular weight excluding hydrogens is 398 g/mol. The van der Waals surface area contributed by atoms with E-state index in [0.717, 1.165) is 16.9 Å². The third kappa shape index (κ3) is 4.63. The molecule has 1 aliphatic heterocycles. The molecular formula is C23H21N3O3S. The smallest absolute Gasteiger partial charge is 0.243 e. The number of amidine groups is 1. The zero-order chi connectivity index (χ0) is 20.9. The largest absolute Gasteiger partial charge is 0.467 e. The minimum atomic E-state index is -0.536. The highest BCUT2D eigenvalue weighted by atomic mass is 32.2. The number of carbonyl (C=O) groups is 2. The van der Waals surface area contributed by atoms with Crippen molar-refractivity contribution >= 4 is 40.1 Å². The minimum Gasteiger partial charge on any atom is -0.467 e. The lowest BCUT2D eigenvalue weighted by molar-refractivity contribution is -0.128. The molecule has 2 aromatic carbocycles. The van der Waals surface area contributed by atoms with Gasteiger partial charge in [0.15, 0.2) is 5.17 Å². The zero-order valence-electron chi connectivity index (χ0n) is 16.4. The van der Waals surface area contributed by atoms with E-state index < -0.39 is 5.25 Å². The van der Waals surface area contributed by atoms with E-state index in [-0.39, 0.29) is 24.8 Å². The summed E-state index contributed by atoms with van der Waals surface area (Å²) in [5.41, 5.74) is 2.48. The fourth-order valence-corrected chi connectivity index (χ4v) is 4.28. The molecule has 2 heterocycles. The van der Waals surface area contributed by atoms with Gasteiger partial charge in [0.2, 0.25) is 11.8 Å². The molecule has 152 valence electrons. The lowest BCUT2D eigenvalue weighted by Gasteiger charge is -2.15. The lowest BCUT2D eigenvalue weighted by Crippen LogP contribution is -2.33. The van der Waals surface area contributed by atoms with Crippen LogP contribution in [0.5, 0.6) is 0 Å². The first-order valence-corrected chi connectivity index (χ1v) is 10.5. The van der Waals surface area contributed by atoms with Gasteiger partial charge in [-0.05, 0) is 42.8 Å². The van der Waals surface area contributed by atoms with Crippen molar-refractivity contribution in [1.29, 1.82) is 0 Å². The number of benzene rings is 2. The second-order valence-corrected chi connectivity index (χ2v) is 8.08. The topological polar surface area (TPSA) is 74.9 Å². The third-order valence-corrected chi connectivity index (χ3v) is 5.86. The number of aliphatic imine (C=N–C) groups is 1. The highest BCUT2D eigenvalue weighted by Crippen LogP contribution is 2.33. The van der Waals surface area contributed by atoms with Crippen LogP contribution in [0.3, 0.4) is 0 Å². The molecule has 6 nitrogen and oxygen atoms in total. The normalized spacial score (nSPS) is 17.5. The van der Waals surface area contributed by atoms with Crippen molar-refractivity contribution in [3.63, 3.8) is 0 Å². The summed E-state index contributed by atoms with van der Waals surface area (Å²) in [6.45, 7) is 2.21. The Kier molecular flexibility index (Phi) is 5.99. The van der Waals surface area contributed by atoms with Crippen LogP contribution >= 0.6 is 11.8 Å². The number of hydrogen-bond acceptors (Lipinski definition) is 5. The summed E-state index contributed by atoms with van der Waals surface area (Å²) >= 11 is 1.31. The van der Waals surface area contributed by atoms with E-state index >= 15 is 0 Å². The summed E-state index contributed by atoms with van der Waals surface area (Å²) in [6.07, 6.45) is 1.64. The Balaban J connectivity index is 1.52. The standard InChI is InChI=1S/C23H21N3O3S/c1-16-8-5-6-12-19(16)25-21(27)14-20-22(28)26(15-18-11-7-13-29-18)23(30-20)24-17-9-3-2-4-10-17/h2-13,20H,14-15H2,1H3,(H,25,27)/t20-/m0/s1. The molecule has 1 atom stereocenters. The lowest BCUT2D eigenvalue weighted by atomic mass is 10.2. The van der Waals surface area contributed by atoms with E-state index in [0.29, 0.717) is 10.9 Å². The van der Waals surface area contributed by atoms with E-state index in [2.05, 4.69) is 10.3 Å². The first-order chi connectivity index (χ1) is 14.6. The molecule has 2 amide bonds. The average Bonchev–Trinajstić information content (AvgIpc) is 3.35. The van der Waals surface area contributed by atoms with Crippen LogP contribution in [-0.4, -0.2) is 27.1 Å². The molecule has 4 rings (SSSR count). The Morgan fingerprint density at radius 3 is 2.60 bits per heavy atom. The SMILES string of the molecule is Cc1ccccc1NC(=O)C[C@@H]1SC(=Nc2ccccc2)N(Cc2ccco2)C1=O. The number of furan rings is 1. The predicted molar refractivity (Wildman–Crippen MR) is 119 cm³/mol. The Labute approximate surface area is 179 Å². The van der Waals surface area contributed by atoms with Gasteiger partial charge in [-0.1, -0.05) is 48.2 Å². The highest BCUT2D eigenvalue weighted by Gasteiger charge is 2.39. The molecule has 0 spiro atoms. The Bertz CT molecular complexity index is 1060. The Morgan fingerprint density at radius 1 is 1.10 bits per heavy atom. The van der Waals surface area contributed by atoms with Crippen molar-refractivity contribution < 1.29 is 14.0 Å². The predicted octanol–water partition coefficient (Wildman–Crippen LogP) is 4.75. The van der Waals surface area contributed by atoms with Crippen molar-refractivity contribution in [3.8, 4) is 0 Å². The molecule has 7 heteroatoms. The second-order valence-electron chi connectivity index (χ2n) is 6.91. The molecule has 30 heavy (non-hydrogen) atoms. The molecule has 1 aliphatic rings. The van der Waals surface area contributed by atoms with Crippen LogP contribution in [0.4, 0.5) is 11.4 Å². The molecule has 0 aliphatic carbocycles.